The van der Waals surface area contributed by atoms with E-state index in [1.165, 1.54) is 0 Å². The molecule has 0 radical (unpaired) electrons. The predicted octanol–water partition coefficient (Wildman–Crippen LogP) is 3.09. The normalized spacial score (nSPS) is 10.3. The van der Waals surface area contributed by atoms with Crippen LogP contribution < -0.4 is 10.5 Å². The average Bonchev–Trinajstić information content (AvgIpc) is 2.24. The summed E-state index contributed by atoms with van der Waals surface area (Å²) < 4.78 is 6.15. The van der Waals surface area contributed by atoms with E-state index in [1.807, 2.05) is 19.9 Å². The lowest BCUT2D eigenvalue weighted by Gasteiger charge is -2.14. The molecule has 0 unspecified atom stereocenters. The molecule has 0 atom stereocenters. The first-order chi connectivity index (χ1) is 7.11. The summed E-state index contributed by atoms with van der Waals surface area (Å²) >= 11 is 3.25. The minimum Gasteiger partial charge on any atom is -0.505 e. The molecule has 0 saturated carbocycles. The molecule has 0 amide bonds. The second-order valence-corrected chi connectivity index (χ2v) is 4.17. The summed E-state index contributed by atoms with van der Waals surface area (Å²) in [6.07, 6.45) is 1.74. The first kappa shape index (κ1) is 12.2. The fourth-order valence-corrected chi connectivity index (χ4v) is 1.82. The van der Waals surface area contributed by atoms with E-state index in [-0.39, 0.29) is 5.75 Å². The number of rotatable bonds is 4. The molecule has 0 spiro atoms. The SMILES string of the molecule is CCCOc1c(CC)cc(Br)c(O)c1N. The van der Waals surface area contributed by atoms with Crippen molar-refractivity contribution in [3.8, 4) is 11.5 Å². The van der Waals surface area contributed by atoms with Crippen LogP contribution in [0.1, 0.15) is 25.8 Å². The van der Waals surface area contributed by atoms with Crippen molar-refractivity contribution in [2.45, 2.75) is 26.7 Å². The molecule has 3 nitrogen and oxygen atoms in total. The van der Waals surface area contributed by atoms with Crippen LogP contribution in [0, 0.1) is 0 Å². The van der Waals surface area contributed by atoms with Crippen molar-refractivity contribution in [1.82, 2.24) is 0 Å². The molecule has 3 N–H and O–H groups in total. The number of anilines is 1. The Morgan fingerprint density at radius 1 is 1.47 bits per heavy atom. The van der Waals surface area contributed by atoms with Gasteiger partial charge in [0.15, 0.2) is 5.75 Å². The van der Waals surface area contributed by atoms with Gasteiger partial charge in [-0.05, 0) is 40.4 Å². The van der Waals surface area contributed by atoms with Crippen LogP contribution in [-0.2, 0) is 6.42 Å². The summed E-state index contributed by atoms with van der Waals surface area (Å²) in [4.78, 5) is 0. The molecule has 1 aromatic rings. The molecule has 15 heavy (non-hydrogen) atoms. The van der Waals surface area contributed by atoms with Gasteiger partial charge in [0.1, 0.15) is 11.4 Å². The number of hydrogen-bond acceptors (Lipinski definition) is 3. The maximum Gasteiger partial charge on any atom is 0.156 e. The van der Waals surface area contributed by atoms with E-state index in [1.54, 1.807) is 0 Å². The van der Waals surface area contributed by atoms with Gasteiger partial charge in [0.2, 0.25) is 0 Å². The summed E-state index contributed by atoms with van der Waals surface area (Å²) in [6.45, 7) is 4.66. The first-order valence-corrected chi connectivity index (χ1v) is 5.83. The number of nitrogens with two attached hydrogens (primary N) is 1. The third-order valence-electron chi connectivity index (χ3n) is 2.15. The summed E-state index contributed by atoms with van der Waals surface area (Å²) in [6, 6.07) is 1.84. The summed E-state index contributed by atoms with van der Waals surface area (Å²) in [5.74, 6) is 0.665. The van der Waals surface area contributed by atoms with Crippen molar-refractivity contribution in [1.29, 1.82) is 0 Å². The quantitative estimate of drug-likeness (QED) is 0.655. The fraction of sp³-hybridized carbons (Fsp3) is 0.455. The molecule has 0 aliphatic heterocycles. The van der Waals surface area contributed by atoms with Gasteiger partial charge in [-0.3, -0.25) is 0 Å². The molecule has 0 aliphatic rings. The Labute approximate surface area is 98.4 Å². The third kappa shape index (κ3) is 2.56. The Kier molecular flexibility index (Phi) is 4.27. The highest BCUT2D eigenvalue weighted by atomic mass is 79.9. The van der Waals surface area contributed by atoms with Crippen molar-refractivity contribution < 1.29 is 9.84 Å². The van der Waals surface area contributed by atoms with Crippen molar-refractivity contribution in [3.05, 3.63) is 16.1 Å². The van der Waals surface area contributed by atoms with Gasteiger partial charge in [0.25, 0.3) is 0 Å². The standard InChI is InChI=1S/C11H16BrNO2/c1-3-5-15-11-7(4-2)6-8(12)10(14)9(11)13/h6,14H,3-5,13H2,1-2H3. The molecule has 84 valence electrons. The monoisotopic (exact) mass is 273 g/mol. The highest BCUT2D eigenvalue weighted by Gasteiger charge is 2.14. The maximum atomic E-state index is 9.65. The number of ether oxygens (including phenoxy) is 1. The molecular formula is C11H16BrNO2. The van der Waals surface area contributed by atoms with Crippen molar-refractivity contribution >= 4 is 21.6 Å². The fourth-order valence-electron chi connectivity index (χ4n) is 1.33. The average molecular weight is 274 g/mol. The number of benzene rings is 1. The number of phenols is 1. The lowest BCUT2D eigenvalue weighted by molar-refractivity contribution is 0.314. The molecule has 0 bridgehead atoms. The smallest absolute Gasteiger partial charge is 0.156 e. The number of aryl methyl sites for hydroxylation is 1. The van der Waals surface area contributed by atoms with Crippen LogP contribution in [0.4, 0.5) is 5.69 Å². The van der Waals surface area contributed by atoms with Crippen molar-refractivity contribution in [2.75, 3.05) is 12.3 Å². The Balaban J connectivity index is 3.15. The van der Waals surface area contributed by atoms with Crippen molar-refractivity contribution in [2.24, 2.45) is 0 Å². The predicted molar refractivity (Wildman–Crippen MR) is 65.4 cm³/mol. The van der Waals surface area contributed by atoms with Gasteiger partial charge in [-0.2, -0.15) is 0 Å². The molecular weight excluding hydrogens is 258 g/mol. The Morgan fingerprint density at radius 2 is 2.13 bits per heavy atom. The molecule has 1 aromatic carbocycles. The molecule has 0 aromatic heterocycles. The second-order valence-electron chi connectivity index (χ2n) is 3.31. The van der Waals surface area contributed by atoms with Gasteiger partial charge < -0.3 is 15.6 Å². The van der Waals surface area contributed by atoms with Crippen LogP contribution in [0.15, 0.2) is 10.5 Å². The van der Waals surface area contributed by atoms with Gasteiger partial charge in [-0.25, -0.2) is 0 Å². The van der Waals surface area contributed by atoms with E-state index in [0.717, 1.165) is 18.4 Å². The van der Waals surface area contributed by atoms with E-state index in [2.05, 4.69) is 15.9 Å². The lowest BCUT2D eigenvalue weighted by Crippen LogP contribution is -2.03. The number of aromatic hydroxyl groups is 1. The Morgan fingerprint density at radius 3 is 2.67 bits per heavy atom. The van der Waals surface area contributed by atoms with Gasteiger partial charge in [-0.15, -0.1) is 0 Å². The van der Waals surface area contributed by atoms with E-state index >= 15 is 0 Å². The van der Waals surface area contributed by atoms with E-state index in [4.69, 9.17) is 10.5 Å². The Hall–Kier alpha value is -0.900. The van der Waals surface area contributed by atoms with Crippen LogP contribution in [0.25, 0.3) is 0 Å². The number of hydrogen-bond donors (Lipinski definition) is 2. The minimum atomic E-state index is 0.0540. The zero-order valence-electron chi connectivity index (χ0n) is 9.01. The maximum absolute atomic E-state index is 9.65. The van der Waals surface area contributed by atoms with Gasteiger partial charge in [0.05, 0.1) is 11.1 Å². The zero-order chi connectivity index (χ0) is 11.4. The van der Waals surface area contributed by atoms with E-state index in [0.29, 0.717) is 22.5 Å². The number of phenolic OH excluding ortho intramolecular Hbond substituents is 1. The molecule has 0 saturated heterocycles. The van der Waals surface area contributed by atoms with Gasteiger partial charge in [0, 0.05) is 0 Å². The molecule has 1 rings (SSSR count). The highest BCUT2D eigenvalue weighted by Crippen LogP contribution is 2.40. The Bertz CT molecular complexity index is 353. The van der Waals surface area contributed by atoms with Gasteiger partial charge in [-0.1, -0.05) is 13.8 Å². The molecule has 0 aliphatic carbocycles. The molecule has 4 heteroatoms. The van der Waals surface area contributed by atoms with Crippen molar-refractivity contribution in [3.63, 3.8) is 0 Å². The minimum absolute atomic E-state index is 0.0540. The molecule has 0 heterocycles. The topological polar surface area (TPSA) is 55.5 Å². The largest absolute Gasteiger partial charge is 0.505 e. The molecule has 0 fully saturated rings. The van der Waals surface area contributed by atoms with Crippen LogP contribution in [0.3, 0.4) is 0 Å². The van der Waals surface area contributed by atoms with E-state index < -0.39 is 0 Å². The van der Waals surface area contributed by atoms with Crippen LogP contribution in [-0.4, -0.2) is 11.7 Å². The third-order valence-corrected chi connectivity index (χ3v) is 2.75. The summed E-state index contributed by atoms with van der Waals surface area (Å²) in [5.41, 5.74) is 7.12. The lowest BCUT2D eigenvalue weighted by atomic mass is 10.1. The second kappa shape index (κ2) is 5.26. The summed E-state index contributed by atoms with van der Waals surface area (Å²) in [5, 5.41) is 9.65. The number of nitrogen functional groups attached to an aromatic ring is 1. The first-order valence-electron chi connectivity index (χ1n) is 5.04. The highest BCUT2D eigenvalue weighted by molar-refractivity contribution is 9.10. The zero-order valence-corrected chi connectivity index (χ0v) is 10.6. The van der Waals surface area contributed by atoms with Crippen LogP contribution in [0.5, 0.6) is 11.5 Å². The van der Waals surface area contributed by atoms with Crippen LogP contribution in [0.2, 0.25) is 0 Å². The van der Waals surface area contributed by atoms with Gasteiger partial charge >= 0.3 is 0 Å². The van der Waals surface area contributed by atoms with E-state index in [9.17, 15) is 5.11 Å². The summed E-state index contributed by atoms with van der Waals surface area (Å²) in [7, 11) is 0. The number of halogens is 1. The van der Waals surface area contributed by atoms with Crippen LogP contribution >= 0.6 is 15.9 Å².